The Labute approximate surface area is 183 Å². The minimum Gasteiger partial charge on any atom is -0.454 e. The number of fused-ring (bicyclic) bond motifs is 1. The second kappa shape index (κ2) is 9.38. The van der Waals surface area contributed by atoms with Gasteiger partial charge >= 0.3 is 5.97 Å². The molecule has 0 aromatic heterocycles. The lowest BCUT2D eigenvalue weighted by Gasteiger charge is -2.25. The van der Waals surface area contributed by atoms with Crippen LogP contribution in [0.2, 0.25) is 0 Å². The van der Waals surface area contributed by atoms with Crippen molar-refractivity contribution in [2.45, 2.75) is 26.3 Å². The van der Waals surface area contributed by atoms with Gasteiger partial charge in [-0.05, 0) is 30.5 Å². The molecular weight excluding hydrogens is 418 g/mol. The highest BCUT2D eigenvalue weighted by Crippen LogP contribution is 2.27. The van der Waals surface area contributed by atoms with Gasteiger partial charge in [0.1, 0.15) is 6.04 Å². The molecule has 0 spiro atoms. The number of non-ortho nitro benzene ring substituents is 1. The van der Waals surface area contributed by atoms with Crippen molar-refractivity contribution in [2.75, 3.05) is 11.9 Å². The number of rotatable bonds is 8. The fourth-order valence-corrected chi connectivity index (χ4v) is 3.37. The van der Waals surface area contributed by atoms with Crippen molar-refractivity contribution in [3.05, 3.63) is 69.8 Å². The maximum absolute atomic E-state index is 12.8. The molecule has 1 heterocycles. The summed E-state index contributed by atoms with van der Waals surface area (Å²) < 4.78 is 5.09. The lowest BCUT2D eigenvalue weighted by molar-refractivity contribution is -0.384. The number of anilines is 1. The summed E-state index contributed by atoms with van der Waals surface area (Å²) >= 11 is 0. The second-order valence-corrected chi connectivity index (χ2v) is 7.63. The zero-order chi connectivity index (χ0) is 23.4. The lowest BCUT2D eigenvalue weighted by Crippen LogP contribution is -2.46. The van der Waals surface area contributed by atoms with Gasteiger partial charge in [0, 0.05) is 17.8 Å². The molecule has 3 amide bonds. The monoisotopic (exact) mass is 439 g/mol. The zero-order valence-electron chi connectivity index (χ0n) is 17.4. The maximum atomic E-state index is 12.8. The second-order valence-electron chi connectivity index (χ2n) is 7.63. The normalized spacial score (nSPS) is 13.7. The summed E-state index contributed by atoms with van der Waals surface area (Å²) in [5.41, 5.74) is 0.381. The fourth-order valence-electron chi connectivity index (χ4n) is 3.37. The summed E-state index contributed by atoms with van der Waals surface area (Å²) in [7, 11) is 0. The van der Waals surface area contributed by atoms with Crippen LogP contribution in [0.3, 0.4) is 0 Å². The molecule has 166 valence electrons. The topological polar surface area (TPSA) is 136 Å². The van der Waals surface area contributed by atoms with Crippen LogP contribution in [0.1, 0.15) is 41.0 Å². The third kappa shape index (κ3) is 4.80. The number of esters is 1. The molecule has 1 aliphatic rings. The first kappa shape index (κ1) is 22.6. The predicted octanol–water partition coefficient (Wildman–Crippen LogP) is 2.79. The van der Waals surface area contributed by atoms with Gasteiger partial charge in [0.15, 0.2) is 6.61 Å². The van der Waals surface area contributed by atoms with Crippen molar-refractivity contribution in [3.63, 3.8) is 0 Å². The van der Waals surface area contributed by atoms with Gasteiger partial charge in [-0.2, -0.15) is 0 Å². The van der Waals surface area contributed by atoms with Crippen molar-refractivity contribution in [1.29, 1.82) is 0 Å². The molecule has 10 heteroatoms. The Balaban J connectivity index is 1.69. The van der Waals surface area contributed by atoms with E-state index in [4.69, 9.17) is 4.74 Å². The van der Waals surface area contributed by atoms with E-state index >= 15 is 0 Å². The number of nitrogens with one attached hydrogen (secondary N) is 1. The molecule has 0 bridgehead atoms. The molecule has 0 aliphatic carbocycles. The highest BCUT2D eigenvalue weighted by molar-refractivity contribution is 6.22. The van der Waals surface area contributed by atoms with Crippen molar-refractivity contribution in [3.8, 4) is 0 Å². The Bertz CT molecular complexity index is 1060. The van der Waals surface area contributed by atoms with Gasteiger partial charge in [0.25, 0.3) is 23.4 Å². The highest BCUT2D eigenvalue weighted by atomic mass is 16.6. The van der Waals surface area contributed by atoms with Crippen LogP contribution in [0, 0.1) is 16.0 Å². The number of nitro groups is 1. The van der Waals surface area contributed by atoms with Crippen LogP contribution >= 0.6 is 0 Å². The molecule has 1 atom stereocenters. The van der Waals surface area contributed by atoms with Crippen molar-refractivity contribution in [2.24, 2.45) is 5.92 Å². The molecule has 3 rings (SSSR count). The van der Waals surface area contributed by atoms with Gasteiger partial charge < -0.3 is 10.1 Å². The number of benzene rings is 2. The molecule has 2 aromatic carbocycles. The number of amides is 3. The summed E-state index contributed by atoms with van der Waals surface area (Å²) in [4.78, 5) is 61.6. The van der Waals surface area contributed by atoms with Gasteiger partial charge in [-0.3, -0.25) is 29.4 Å². The van der Waals surface area contributed by atoms with Crippen molar-refractivity contribution < 1.29 is 28.8 Å². The van der Waals surface area contributed by atoms with Crippen LogP contribution in [0.5, 0.6) is 0 Å². The average molecular weight is 439 g/mol. The maximum Gasteiger partial charge on any atom is 0.329 e. The van der Waals surface area contributed by atoms with E-state index in [0.29, 0.717) is 0 Å². The van der Waals surface area contributed by atoms with E-state index in [-0.39, 0.29) is 34.8 Å². The molecule has 0 saturated carbocycles. The molecule has 0 fully saturated rings. The molecule has 2 aromatic rings. The molecule has 32 heavy (non-hydrogen) atoms. The van der Waals surface area contributed by atoms with E-state index in [2.05, 4.69) is 5.32 Å². The van der Waals surface area contributed by atoms with Gasteiger partial charge in [-0.25, -0.2) is 4.79 Å². The minimum atomic E-state index is -1.19. The van der Waals surface area contributed by atoms with Gasteiger partial charge in [-0.1, -0.05) is 32.0 Å². The first-order valence-corrected chi connectivity index (χ1v) is 9.87. The number of imide groups is 1. The van der Waals surface area contributed by atoms with Gasteiger partial charge in [-0.15, -0.1) is 0 Å². The van der Waals surface area contributed by atoms with Gasteiger partial charge in [0.2, 0.25) is 0 Å². The molecule has 0 unspecified atom stereocenters. The summed E-state index contributed by atoms with van der Waals surface area (Å²) in [6.45, 7) is 2.97. The number of hydrogen-bond acceptors (Lipinski definition) is 7. The van der Waals surface area contributed by atoms with Crippen LogP contribution in [-0.2, 0) is 14.3 Å². The molecule has 0 saturated heterocycles. The van der Waals surface area contributed by atoms with Gasteiger partial charge in [0.05, 0.1) is 16.1 Å². The summed E-state index contributed by atoms with van der Waals surface area (Å²) in [6, 6.07) is 10.4. The zero-order valence-corrected chi connectivity index (χ0v) is 17.4. The summed E-state index contributed by atoms with van der Waals surface area (Å²) in [5.74, 6) is -2.83. The van der Waals surface area contributed by atoms with E-state index in [1.54, 1.807) is 12.1 Å². The number of carbonyl (C=O) groups excluding carboxylic acids is 4. The first-order chi connectivity index (χ1) is 15.2. The van der Waals surface area contributed by atoms with Crippen LogP contribution in [0.25, 0.3) is 0 Å². The Morgan fingerprint density at radius 2 is 1.69 bits per heavy atom. The Morgan fingerprint density at radius 1 is 1.06 bits per heavy atom. The lowest BCUT2D eigenvalue weighted by atomic mass is 10.0. The molecule has 10 nitrogen and oxygen atoms in total. The van der Waals surface area contributed by atoms with E-state index in [0.717, 1.165) is 4.90 Å². The third-order valence-corrected chi connectivity index (χ3v) is 4.79. The highest BCUT2D eigenvalue weighted by Gasteiger charge is 2.43. The molecular formula is C22H21N3O7. The van der Waals surface area contributed by atoms with E-state index in [1.807, 2.05) is 13.8 Å². The molecule has 0 radical (unpaired) electrons. The van der Waals surface area contributed by atoms with Crippen LogP contribution in [0.15, 0.2) is 48.5 Å². The fraction of sp³-hybridized carbons (Fsp3) is 0.273. The first-order valence-electron chi connectivity index (χ1n) is 9.87. The number of nitrogens with zero attached hydrogens (tertiary/aromatic N) is 2. The van der Waals surface area contributed by atoms with Crippen LogP contribution in [-0.4, -0.2) is 46.2 Å². The number of ether oxygens (including phenoxy) is 1. The number of carbonyl (C=O) groups is 4. The Kier molecular flexibility index (Phi) is 6.62. The van der Waals surface area contributed by atoms with Crippen LogP contribution in [0.4, 0.5) is 11.4 Å². The average Bonchev–Trinajstić information content (AvgIpc) is 3.01. The van der Waals surface area contributed by atoms with E-state index < -0.39 is 41.3 Å². The standard InChI is InChI=1S/C22H21N3O7/c1-13(2)10-18(24-20(27)16-8-3-4-9-17(16)21(24)28)22(29)32-12-19(26)23-14-6-5-7-15(11-14)25(30)31/h3-9,11,13,18H,10,12H2,1-2H3,(H,23,26)/t18-/m0/s1. The quantitative estimate of drug-likeness (QED) is 0.289. The Morgan fingerprint density at radius 3 is 2.25 bits per heavy atom. The van der Waals surface area contributed by atoms with Crippen LogP contribution < -0.4 is 5.32 Å². The molecule has 1 aliphatic heterocycles. The SMILES string of the molecule is CC(C)C[C@@H](C(=O)OCC(=O)Nc1cccc([N+](=O)[O-])c1)N1C(=O)c2ccccc2C1=O. The van der Waals surface area contributed by atoms with Crippen molar-refractivity contribution in [1.82, 2.24) is 4.90 Å². The summed E-state index contributed by atoms with van der Waals surface area (Å²) in [6.07, 6.45) is 0.163. The molecule has 1 N–H and O–H groups in total. The predicted molar refractivity (Wildman–Crippen MR) is 113 cm³/mol. The summed E-state index contributed by atoms with van der Waals surface area (Å²) in [5, 5.41) is 13.2. The number of nitro benzene ring substituents is 1. The third-order valence-electron chi connectivity index (χ3n) is 4.79. The van der Waals surface area contributed by atoms with E-state index in [1.165, 1.54) is 36.4 Å². The van der Waals surface area contributed by atoms with Crippen molar-refractivity contribution >= 4 is 35.1 Å². The van der Waals surface area contributed by atoms with E-state index in [9.17, 15) is 29.3 Å². The Hall–Kier alpha value is -4.08. The minimum absolute atomic E-state index is 0.0458. The number of hydrogen-bond donors (Lipinski definition) is 1. The largest absolute Gasteiger partial charge is 0.454 e. The smallest absolute Gasteiger partial charge is 0.329 e.